The van der Waals surface area contributed by atoms with Crippen molar-refractivity contribution in [3.63, 3.8) is 0 Å². The summed E-state index contributed by atoms with van der Waals surface area (Å²) in [5.41, 5.74) is 1.36. The zero-order valence-corrected chi connectivity index (χ0v) is 7.40. The summed E-state index contributed by atoms with van der Waals surface area (Å²) in [6.45, 7) is 0. The van der Waals surface area contributed by atoms with Crippen LogP contribution < -0.4 is 0 Å². The number of alkyl halides is 1. The predicted octanol–water partition coefficient (Wildman–Crippen LogP) is 1.87. The molecule has 0 saturated carbocycles. The summed E-state index contributed by atoms with van der Waals surface area (Å²) in [5.74, 6) is 0.924. The average Bonchev–Trinajstić information content (AvgIpc) is 2.67. The summed E-state index contributed by atoms with van der Waals surface area (Å²) in [5, 5.41) is 3.74. The third-order valence-electron chi connectivity index (χ3n) is 1.51. The second-order valence-corrected chi connectivity index (χ2v) is 2.67. The van der Waals surface area contributed by atoms with E-state index in [0.717, 1.165) is 0 Å². The van der Waals surface area contributed by atoms with Gasteiger partial charge in [-0.15, -0.1) is 11.6 Å². The molecule has 0 spiro atoms. The topological polar surface area (TPSA) is 51.8 Å². The van der Waals surface area contributed by atoms with Crippen LogP contribution in [0.2, 0.25) is 0 Å². The molecule has 2 aromatic heterocycles. The SMILES string of the molecule is ClCc1cc(-c2cnccn2)on1. The van der Waals surface area contributed by atoms with Crippen molar-refractivity contribution in [2.75, 3.05) is 0 Å². The monoisotopic (exact) mass is 195 g/mol. The molecule has 0 atom stereocenters. The highest BCUT2D eigenvalue weighted by molar-refractivity contribution is 6.16. The molecule has 13 heavy (non-hydrogen) atoms. The Morgan fingerprint density at radius 3 is 2.92 bits per heavy atom. The van der Waals surface area contributed by atoms with Gasteiger partial charge in [0.05, 0.1) is 17.8 Å². The third kappa shape index (κ3) is 1.67. The van der Waals surface area contributed by atoms with Gasteiger partial charge in [0.2, 0.25) is 0 Å². The predicted molar refractivity (Wildman–Crippen MR) is 47.1 cm³/mol. The van der Waals surface area contributed by atoms with Gasteiger partial charge in [-0.25, -0.2) is 4.98 Å². The van der Waals surface area contributed by atoms with Gasteiger partial charge in [-0.1, -0.05) is 5.16 Å². The molecule has 0 amide bonds. The van der Waals surface area contributed by atoms with Crippen molar-refractivity contribution in [2.24, 2.45) is 0 Å². The van der Waals surface area contributed by atoms with Gasteiger partial charge < -0.3 is 4.52 Å². The molecule has 0 aliphatic rings. The van der Waals surface area contributed by atoms with Crippen molar-refractivity contribution in [2.45, 2.75) is 5.88 Å². The zero-order chi connectivity index (χ0) is 9.10. The first-order valence-electron chi connectivity index (χ1n) is 3.68. The van der Waals surface area contributed by atoms with E-state index in [1.165, 1.54) is 0 Å². The highest BCUT2D eigenvalue weighted by Crippen LogP contribution is 2.16. The molecule has 66 valence electrons. The van der Waals surface area contributed by atoms with Crippen LogP contribution in [-0.2, 0) is 5.88 Å². The van der Waals surface area contributed by atoms with Gasteiger partial charge in [-0.3, -0.25) is 4.98 Å². The molecule has 2 heterocycles. The molecule has 0 aliphatic carbocycles. The molecule has 4 nitrogen and oxygen atoms in total. The van der Waals surface area contributed by atoms with E-state index in [0.29, 0.717) is 23.0 Å². The fraction of sp³-hybridized carbons (Fsp3) is 0.125. The van der Waals surface area contributed by atoms with Crippen LogP contribution in [-0.4, -0.2) is 15.1 Å². The van der Waals surface area contributed by atoms with Gasteiger partial charge in [-0.2, -0.15) is 0 Å². The van der Waals surface area contributed by atoms with E-state index in [2.05, 4.69) is 15.1 Å². The molecule has 0 bridgehead atoms. The number of hydrogen-bond donors (Lipinski definition) is 0. The van der Waals surface area contributed by atoms with Crippen LogP contribution in [0, 0.1) is 0 Å². The standard InChI is InChI=1S/C8H6ClN3O/c9-4-6-3-8(13-12-6)7-5-10-1-2-11-7/h1-3,5H,4H2. The lowest BCUT2D eigenvalue weighted by Gasteiger charge is -1.89. The zero-order valence-electron chi connectivity index (χ0n) is 6.64. The van der Waals surface area contributed by atoms with Crippen LogP contribution >= 0.6 is 11.6 Å². The van der Waals surface area contributed by atoms with Crippen LogP contribution in [0.5, 0.6) is 0 Å². The first kappa shape index (κ1) is 8.19. The molecule has 2 aromatic rings. The third-order valence-corrected chi connectivity index (χ3v) is 1.79. The molecule has 0 saturated heterocycles. The number of nitrogens with zero attached hydrogens (tertiary/aromatic N) is 3. The van der Waals surface area contributed by atoms with Crippen molar-refractivity contribution >= 4 is 11.6 Å². The van der Waals surface area contributed by atoms with Crippen molar-refractivity contribution in [1.82, 2.24) is 15.1 Å². The van der Waals surface area contributed by atoms with Crippen molar-refractivity contribution in [3.05, 3.63) is 30.4 Å². The van der Waals surface area contributed by atoms with E-state index in [1.807, 2.05) is 0 Å². The first-order valence-corrected chi connectivity index (χ1v) is 4.21. The molecule has 0 fully saturated rings. The lowest BCUT2D eigenvalue weighted by Crippen LogP contribution is -1.80. The van der Waals surface area contributed by atoms with E-state index < -0.39 is 0 Å². The Morgan fingerprint density at radius 1 is 1.38 bits per heavy atom. The maximum Gasteiger partial charge on any atom is 0.187 e. The summed E-state index contributed by atoms with van der Waals surface area (Å²) in [7, 11) is 0. The van der Waals surface area contributed by atoms with Crippen molar-refractivity contribution in [1.29, 1.82) is 0 Å². The average molecular weight is 196 g/mol. The van der Waals surface area contributed by atoms with E-state index in [-0.39, 0.29) is 0 Å². The number of hydrogen-bond acceptors (Lipinski definition) is 4. The van der Waals surface area contributed by atoms with E-state index in [1.54, 1.807) is 24.7 Å². The normalized spacial score (nSPS) is 10.2. The van der Waals surface area contributed by atoms with Crippen molar-refractivity contribution < 1.29 is 4.52 Å². The Morgan fingerprint density at radius 2 is 2.31 bits per heavy atom. The number of halogens is 1. The first-order chi connectivity index (χ1) is 6.40. The minimum atomic E-state index is 0.337. The number of rotatable bonds is 2. The van der Waals surface area contributed by atoms with Crippen LogP contribution in [0.15, 0.2) is 29.2 Å². The Balaban J connectivity index is 2.36. The smallest absolute Gasteiger partial charge is 0.187 e. The second kappa shape index (κ2) is 3.53. The van der Waals surface area contributed by atoms with E-state index >= 15 is 0 Å². The van der Waals surface area contributed by atoms with Gasteiger partial charge in [0, 0.05) is 18.5 Å². The maximum absolute atomic E-state index is 5.57. The van der Waals surface area contributed by atoms with Gasteiger partial charge in [0.15, 0.2) is 5.76 Å². The van der Waals surface area contributed by atoms with Gasteiger partial charge in [-0.05, 0) is 0 Å². The number of aromatic nitrogens is 3. The molecule has 0 radical (unpaired) electrons. The fourth-order valence-corrected chi connectivity index (χ4v) is 1.05. The van der Waals surface area contributed by atoms with Gasteiger partial charge in [0.25, 0.3) is 0 Å². The molecule has 0 unspecified atom stereocenters. The summed E-state index contributed by atoms with van der Waals surface area (Å²) in [6, 6.07) is 1.75. The van der Waals surface area contributed by atoms with Crippen LogP contribution in [0.4, 0.5) is 0 Å². The Hall–Kier alpha value is -1.42. The Bertz CT molecular complexity index is 387. The molecule has 0 aromatic carbocycles. The minimum Gasteiger partial charge on any atom is -0.354 e. The highest BCUT2D eigenvalue weighted by Gasteiger charge is 2.06. The van der Waals surface area contributed by atoms with Crippen LogP contribution in [0.25, 0.3) is 11.5 Å². The molecular formula is C8H6ClN3O. The van der Waals surface area contributed by atoms with Gasteiger partial charge >= 0.3 is 0 Å². The molecular weight excluding hydrogens is 190 g/mol. The maximum atomic E-state index is 5.57. The molecule has 0 N–H and O–H groups in total. The lowest BCUT2D eigenvalue weighted by atomic mass is 10.3. The fourth-order valence-electron chi connectivity index (χ4n) is 0.922. The van der Waals surface area contributed by atoms with Crippen LogP contribution in [0.3, 0.4) is 0 Å². The van der Waals surface area contributed by atoms with Gasteiger partial charge in [0.1, 0.15) is 5.69 Å². The lowest BCUT2D eigenvalue weighted by molar-refractivity contribution is 0.425. The second-order valence-electron chi connectivity index (χ2n) is 2.41. The quantitative estimate of drug-likeness (QED) is 0.687. The Kier molecular flexibility index (Phi) is 2.23. The molecule has 5 heteroatoms. The summed E-state index contributed by atoms with van der Waals surface area (Å²) in [4.78, 5) is 7.97. The Labute approximate surface area is 79.6 Å². The van der Waals surface area contributed by atoms with E-state index in [9.17, 15) is 0 Å². The largest absolute Gasteiger partial charge is 0.354 e. The minimum absolute atomic E-state index is 0.337. The summed E-state index contributed by atoms with van der Waals surface area (Å²) < 4.78 is 5.00. The summed E-state index contributed by atoms with van der Waals surface area (Å²) >= 11 is 5.57. The molecule has 0 aliphatic heterocycles. The summed E-state index contributed by atoms with van der Waals surface area (Å²) in [6.07, 6.45) is 4.80. The highest BCUT2D eigenvalue weighted by atomic mass is 35.5. The molecule has 2 rings (SSSR count). The van der Waals surface area contributed by atoms with E-state index in [4.69, 9.17) is 16.1 Å². The van der Waals surface area contributed by atoms with Crippen molar-refractivity contribution in [3.8, 4) is 11.5 Å². The van der Waals surface area contributed by atoms with Crippen LogP contribution in [0.1, 0.15) is 5.69 Å².